The third-order valence-electron chi connectivity index (χ3n) is 3.79. The van der Waals surface area contributed by atoms with Crippen LogP contribution in [0.3, 0.4) is 0 Å². The highest BCUT2D eigenvalue weighted by Gasteiger charge is 2.15. The van der Waals surface area contributed by atoms with Crippen molar-refractivity contribution in [3.8, 4) is 5.75 Å². The molecule has 2 aromatic carbocycles. The summed E-state index contributed by atoms with van der Waals surface area (Å²) in [5.41, 5.74) is 1.30. The van der Waals surface area contributed by atoms with Crippen molar-refractivity contribution in [1.82, 2.24) is 10.3 Å². The molecule has 138 valence electrons. The van der Waals surface area contributed by atoms with Gasteiger partial charge in [0, 0.05) is 30.1 Å². The van der Waals surface area contributed by atoms with Crippen LogP contribution < -0.4 is 10.0 Å². The van der Waals surface area contributed by atoms with Gasteiger partial charge in [-0.25, -0.2) is 8.42 Å². The van der Waals surface area contributed by atoms with Crippen LogP contribution in [0, 0.1) is 0 Å². The third-order valence-corrected chi connectivity index (χ3v) is 5.19. The zero-order chi connectivity index (χ0) is 19.3. The minimum atomic E-state index is -3.76. The molecule has 1 heterocycles. The normalized spacial score (nSPS) is 11.0. The van der Waals surface area contributed by atoms with Gasteiger partial charge in [-0.2, -0.15) is 0 Å². The summed E-state index contributed by atoms with van der Waals surface area (Å²) in [5.74, 6) is -0.272. The molecule has 0 aliphatic heterocycles. The molecule has 3 N–H and O–H groups in total. The molecule has 7 nitrogen and oxygen atoms in total. The van der Waals surface area contributed by atoms with Crippen molar-refractivity contribution < 1.29 is 18.3 Å². The van der Waals surface area contributed by atoms with E-state index in [-0.39, 0.29) is 23.1 Å². The first-order chi connectivity index (χ1) is 13.0. The van der Waals surface area contributed by atoms with Gasteiger partial charge in [0.1, 0.15) is 5.75 Å². The summed E-state index contributed by atoms with van der Waals surface area (Å²) in [4.78, 5) is 16.1. The topological polar surface area (TPSA) is 108 Å². The van der Waals surface area contributed by atoms with Crippen molar-refractivity contribution in [3.63, 3.8) is 0 Å². The summed E-state index contributed by atoms with van der Waals surface area (Å²) in [5, 5.41) is 12.4. The Bertz CT molecular complexity index is 1040. The second-order valence-corrected chi connectivity index (χ2v) is 7.36. The molecule has 3 rings (SSSR count). The molecule has 8 heteroatoms. The van der Waals surface area contributed by atoms with E-state index in [9.17, 15) is 18.3 Å². The molecule has 3 aromatic rings. The number of carbonyl (C=O) groups is 1. The molecule has 0 aliphatic carbocycles. The fourth-order valence-electron chi connectivity index (χ4n) is 2.36. The number of amides is 1. The van der Waals surface area contributed by atoms with Crippen molar-refractivity contribution in [2.75, 3.05) is 4.72 Å². The number of nitrogens with zero attached hydrogens (tertiary/aromatic N) is 1. The molecule has 0 aliphatic rings. The predicted molar refractivity (Wildman–Crippen MR) is 101 cm³/mol. The van der Waals surface area contributed by atoms with Crippen LogP contribution >= 0.6 is 0 Å². The monoisotopic (exact) mass is 383 g/mol. The van der Waals surface area contributed by atoms with Gasteiger partial charge in [-0.3, -0.25) is 14.5 Å². The Morgan fingerprint density at radius 2 is 1.63 bits per heavy atom. The van der Waals surface area contributed by atoms with Crippen LogP contribution in [-0.4, -0.2) is 24.4 Å². The maximum atomic E-state index is 12.4. The Morgan fingerprint density at radius 3 is 2.30 bits per heavy atom. The Labute approximate surface area is 156 Å². The maximum Gasteiger partial charge on any atom is 0.261 e. The number of benzene rings is 2. The molecular weight excluding hydrogens is 366 g/mol. The average molecular weight is 383 g/mol. The highest BCUT2D eigenvalue weighted by Crippen LogP contribution is 2.17. The van der Waals surface area contributed by atoms with Crippen molar-refractivity contribution in [2.24, 2.45) is 0 Å². The number of phenols is 1. The molecular formula is C19H17N3O4S. The van der Waals surface area contributed by atoms with Gasteiger partial charge in [0.25, 0.3) is 15.9 Å². The highest BCUT2D eigenvalue weighted by molar-refractivity contribution is 7.92. The first kappa shape index (κ1) is 18.4. The van der Waals surface area contributed by atoms with Gasteiger partial charge in [0.05, 0.1) is 10.6 Å². The van der Waals surface area contributed by atoms with E-state index < -0.39 is 10.0 Å². The van der Waals surface area contributed by atoms with Gasteiger partial charge in [-0.05, 0) is 42.5 Å². The lowest BCUT2D eigenvalue weighted by Crippen LogP contribution is -2.23. The Morgan fingerprint density at radius 1 is 0.963 bits per heavy atom. The van der Waals surface area contributed by atoms with E-state index in [0.29, 0.717) is 16.8 Å². The number of sulfonamides is 1. The van der Waals surface area contributed by atoms with Crippen LogP contribution in [0.15, 0.2) is 78.0 Å². The summed E-state index contributed by atoms with van der Waals surface area (Å²) in [7, 11) is -3.76. The Hall–Kier alpha value is -3.39. The molecule has 0 fully saturated rings. The van der Waals surface area contributed by atoms with Crippen molar-refractivity contribution in [2.45, 2.75) is 11.4 Å². The molecule has 27 heavy (non-hydrogen) atoms. The second kappa shape index (κ2) is 7.88. The maximum absolute atomic E-state index is 12.4. The first-order valence-corrected chi connectivity index (χ1v) is 9.52. The zero-order valence-corrected chi connectivity index (χ0v) is 15.0. The van der Waals surface area contributed by atoms with Crippen LogP contribution in [0.2, 0.25) is 0 Å². The Kier molecular flexibility index (Phi) is 5.37. The number of para-hydroxylation sites is 1. The number of carbonyl (C=O) groups excluding carboxylic acids is 1. The summed E-state index contributed by atoms with van der Waals surface area (Å²) in [6.45, 7) is 0.162. The van der Waals surface area contributed by atoms with Gasteiger partial charge in [-0.1, -0.05) is 18.2 Å². The molecule has 0 spiro atoms. The fraction of sp³-hybridized carbons (Fsp3) is 0.0526. The van der Waals surface area contributed by atoms with Gasteiger partial charge in [-0.15, -0.1) is 0 Å². The predicted octanol–water partition coefficient (Wildman–Crippen LogP) is 2.52. The molecule has 0 unspecified atom stereocenters. The summed E-state index contributed by atoms with van der Waals surface area (Å²) in [6.07, 6.45) is 2.96. The van der Waals surface area contributed by atoms with Crippen LogP contribution in [0.5, 0.6) is 5.75 Å². The van der Waals surface area contributed by atoms with E-state index in [0.717, 1.165) is 0 Å². The summed E-state index contributed by atoms with van der Waals surface area (Å²) in [6, 6.07) is 15.4. The number of rotatable bonds is 6. The zero-order valence-electron chi connectivity index (χ0n) is 14.2. The number of phenolic OH excluding ortho intramolecular Hbond substituents is 1. The lowest BCUT2D eigenvalue weighted by atomic mass is 10.2. The lowest BCUT2D eigenvalue weighted by molar-refractivity contribution is 0.0950. The smallest absolute Gasteiger partial charge is 0.261 e. The molecule has 0 bridgehead atoms. The van der Waals surface area contributed by atoms with Gasteiger partial charge in [0.2, 0.25) is 0 Å². The van der Waals surface area contributed by atoms with Crippen LogP contribution in [0.25, 0.3) is 0 Å². The van der Waals surface area contributed by atoms with E-state index in [1.165, 1.54) is 42.7 Å². The van der Waals surface area contributed by atoms with Crippen LogP contribution in [0.1, 0.15) is 15.9 Å². The molecule has 0 saturated carbocycles. The van der Waals surface area contributed by atoms with Crippen LogP contribution in [-0.2, 0) is 16.6 Å². The number of nitrogens with one attached hydrogen (secondary N) is 2. The minimum absolute atomic E-state index is 0.0385. The van der Waals surface area contributed by atoms with Gasteiger partial charge in [0.15, 0.2) is 0 Å². The van der Waals surface area contributed by atoms with Crippen molar-refractivity contribution >= 4 is 21.6 Å². The number of aromatic nitrogens is 1. The number of aromatic hydroxyl groups is 1. The van der Waals surface area contributed by atoms with E-state index in [1.54, 1.807) is 30.3 Å². The largest absolute Gasteiger partial charge is 0.508 e. The quantitative estimate of drug-likeness (QED) is 0.606. The standard InChI is InChI=1S/C19H17N3O4S/c23-18-4-2-1-3-15(18)13-21-19(24)14-5-7-17(8-6-14)27(25,26)22-16-9-11-20-12-10-16/h1-12,23H,13H2,(H,20,22)(H,21,24). The molecule has 1 aromatic heterocycles. The van der Waals surface area contributed by atoms with Gasteiger partial charge >= 0.3 is 0 Å². The molecule has 0 saturated heterocycles. The number of anilines is 1. The van der Waals surface area contributed by atoms with Gasteiger partial charge < -0.3 is 10.4 Å². The van der Waals surface area contributed by atoms with E-state index in [1.807, 2.05) is 0 Å². The molecule has 0 radical (unpaired) electrons. The third kappa shape index (κ3) is 4.62. The number of pyridine rings is 1. The average Bonchev–Trinajstić information content (AvgIpc) is 2.68. The lowest BCUT2D eigenvalue weighted by Gasteiger charge is -2.09. The highest BCUT2D eigenvalue weighted by atomic mass is 32.2. The molecule has 1 amide bonds. The van der Waals surface area contributed by atoms with Crippen molar-refractivity contribution in [3.05, 3.63) is 84.2 Å². The second-order valence-electron chi connectivity index (χ2n) is 5.68. The van der Waals surface area contributed by atoms with E-state index in [2.05, 4.69) is 15.0 Å². The van der Waals surface area contributed by atoms with Crippen molar-refractivity contribution in [1.29, 1.82) is 0 Å². The molecule has 0 atom stereocenters. The van der Waals surface area contributed by atoms with E-state index in [4.69, 9.17) is 0 Å². The summed E-state index contributed by atoms with van der Waals surface area (Å²) < 4.78 is 27.2. The Balaban J connectivity index is 1.67. The SMILES string of the molecule is O=C(NCc1ccccc1O)c1ccc(S(=O)(=O)Nc2ccncc2)cc1. The van der Waals surface area contributed by atoms with E-state index >= 15 is 0 Å². The fourth-order valence-corrected chi connectivity index (χ4v) is 3.42. The summed E-state index contributed by atoms with van der Waals surface area (Å²) >= 11 is 0. The number of hydrogen-bond donors (Lipinski definition) is 3. The van der Waals surface area contributed by atoms with Crippen LogP contribution in [0.4, 0.5) is 5.69 Å². The minimum Gasteiger partial charge on any atom is -0.508 e. The number of hydrogen-bond acceptors (Lipinski definition) is 5. The first-order valence-electron chi connectivity index (χ1n) is 8.04.